The van der Waals surface area contributed by atoms with Crippen molar-refractivity contribution in [3.05, 3.63) is 35.9 Å². The summed E-state index contributed by atoms with van der Waals surface area (Å²) in [6.45, 7) is 0. The van der Waals surface area contributed by atoms with E-state index in [2.05, 4.69) is 17.3 Å². The summed E-state index contributed by atoms with van der Waals surface area (Å²) < 4.78 is 6.29. The second kappa shape index (κ2) is 4.73. The van der Waals surface area contributed by atoms with Crippen LogP contribution in [0.2, 0.25) is 0 Å². The third kappa shape index (κ3) is 1.93. The molecule has 2 fully saturated rings. The molecule has 1 N–H and O–H groups in total. The zero-order valence-corrected chi connectivity index (χ0v) is 10.5. The molecule has 1 aromatic carbocycles. The van der Waals surface area contributed by atoms with E-state index in [-0.39, 0.29) is 11.7 Å². The molecular formula is C15H19NO2. The maximum Gasteiger partial charge on any atom is 0.110 e. The normalized spacial score (nSPS) is 28.9. The third-order valence-corrected chi connectivity index (χ3v) is 4.23. The highest BCUT2D eigenvalue weighted by atomic mass is 16.5. The molecular weight excluding hydrogens is 226 g/mol. The molecule has 1 aromatic rings. The first-order valence-electron chi connectivity index (χ1n) is 6.78. The third-order valence-electron chi connectivity index (χ3n) is 4.23. The minimum atomic E-state index is -0.284. The van der Waals surface area contributed by atoms with Crippen molar-refractivity contribution < 1.29 is 9.94 Å². The summed E-state index contributed by atoms with van der Waals surface area (Å²) in [6, 6.07) is 10.2. The fourth-order valence-corrected chi connectivity index (χ4v) is 3.26. The van der Waals surface area contributed by atoms with Gasteiger partial charge >= 0.3 is 0 Å². The molecule has 1 atom stereocenters. The Kier molecular flexibility index (Phi) is 3.08. The van der Waals surface area contributed by atoms with Gasteiger partial charge in [-0.3, -0.25) is 0 Å². The molecule has 0 bridgehead atoms. The summed E-state index contributed by atoms with van der Waals surface area (Å²) in [6.07, 6.45) is 6.36. The average Bonchev–Trinajstić information content (AvgIpc) is 2.79. The van der Waals surface area contributed by atoms with Crippen LogP contribution in [0.3, 0.4) is 0 Å². The van der Waals surface area contributed by atoms with Crippen LogP contribution in [-0.2, 0) is 4.74 Å². The van der Waals surface area contributed by atoms with Gasteiger partial charge in [0.2, 0.25) is 0 Å². The molecule has 3 rings (SSSR count). The molecule has 1 saturated carbocycles. The molecule has 18 heavy (non-hydrogen) atoms. The first-order valence-corrected chi connectivity index (χ1v) is 6.78. The number of nitrogens with zero attached hydrogens (tertiary/aromatic N) is 1. The van der Waals surface area contributed by atoms with Gasteiger partial charge in [-0.15, -0.1) is 0 Å². The second-order valence-corrected chi connectivity index (χ2v) is 5.32. The number of hydrogen-bond acceptors (Lipinski definition) is 3. The average molecular weight is 245 g/mol. The van der Waals surface area contributed by atoms with Crippen molar-refractivity contribution in [2.45, 2.75) is 50.2 Å². The quantitative estimate of drug-likeness (QED) is 0.605. The fourth-order valence-electron chi connectivity index (χ4n) is 3.26. The van der Waals surface area contributed by atoms with Crippen LogP contribution in [0.4, 0.5) is 0 Å². The van der Waals surface area contributed by atoms with E-state index in [0.29, 0.717) is 0 Å². The van der Waals surface area contributed by atoms with Crippen LogP contribution < -0.4 is 0 Å². The molecule has 1 spiro atoms. The highest BCUT2D eigenvalue weighted by Gasteiger charge is 2.47. The summed E-state index contributed by atoms with van der Waals surface area (Å²) >= 11 is 0. The molecule has 1 aliphatic heterocycles. The smallest absolute Gasteiger partial charge is 0.110 e. The molecule has 1 unspecified atom stereocenters. The molecule has 1 heterocycles. The number of oxime groups is 1. The number of ether oxygens (including phenoxy) is 1. The van der Waals surface area contributed by atoms with Gasteiger partial charge in [-0.25, -0.2) is 0 Å². The molecule has 3 heteroatoms. The predicted octanol–water partition coefficient (Wildman–Crippen LogP) is 3.68. The Morgan fingerprint density at radius 1 is 1.11 bits per heavy atom. The summed E-state index contributed by atoms with van der Waals surface area (Å²) in [7, 11) is 0. The lowest BCUT2D eigenvalue weighted by atomic mass is 9.81. The van der Waals surface area contributed by atoms with Crippen molar-refractivity contribution in [1.82, 2.24) is 0 Å². The summed E-state index contributed by atoms with van der Waals surface area (Å²) in [4.78, 5) is 0. The van der Waals surface area contributed by atoms with E-state index in [0.717, 1.165) is 25.0 Å². The van der Waals surface area contributed by atoms with Crippen LogP contribution in [-0.4, -0.2) is 16.5 Å². The number of benzene rings is 1. The summed E-state index contributed by atoms with van der Waals surface area (Å²) in [5.74, 6) is 0. The lowest BCUT2D eigenvalue weighted by molar-refractivity contribution is -0.0409. The van der Waals surface area contributed by atoms with E-state index in [1.165, 1.54) is 24.8 Å². The first-order chi connectivity index (χ1) is 8.84. The second-order valence-electron chi connectivity index (χ2n) is 5.32. The van der Waals surface area contributed by atoms with Gasteiger partial charge in [-0.05, 0) is 18.4 Å². The maximum absolute atomic E-state index is 9.26. The molecule has 1 saturated heterocycles. The minimum Gasteiger partial charge on any atom is -0.411 e. The molecule has 2 aliphatic rings. The Hall–Kier alpha value is -1.35. The van der Waals surface area contributed by atoms with Crippen molar-refractivity contribution in [2.24, 2.45) is 5.16 Å². The molecule has 0 aromatic heterocycles. The number of rotatable bonds is 1. The van der Waals surface area contributed by atoms with Crippen molar-refractivity contribution in [2.75, 3.05) is 0 Å². The number of hydrogen-bond donors (Lipinski definition) is 1. The minimum absolute atomic E-state index is 0.0511. The van der Waals surface area contributed by atoms with Gasteiger partial charge < -0.3 is 9.94 Å². The Morgan fingerprint density at radius 2 is 1.83 bits per heavy atom. The topological polar surface area (TPSA) is 41.8 Å². The van der Waals surface area contributed by atoms with Crippen LogP contribution in [0.25, 0.3) is 0 Å². The van der Waals surface area contributed by atoms with Gasteiger partial charge in [0, 0.05) is 6.42 Å². The van der Waals surface area contributed by atoms with Crippen molar-refractivity contribution >= 4 is 5.71 Å². The van der Waals surface area contributed by atoms with E-state index in [1.807, 2.05) is 18.2 Å². The van der Waals surface area contributed by atoms with Crippen LogP contribution in [0, 0.1) is 0 Å². The van der Waals surface area contributed by atoms with Crippen molar-refractivity contribution in [1.29, 1.82) is 0 Å². The predicted molar refractivity (Wildman–Crippen MR) is 69.9 cm³/mol. The van der Waals surface area contributed by atoms with Gasteiger partial charge in [0.05, 0.1) is 11.8 Å². The van der Waals surface area contributed by atoms with Gasteiger partial charge in [0.25, 0.3) is 0 Å². The molecule has 1 aliphatic carbocycles. The lowest BCUT2D eigenvalue weighted by Gasteiger charge is -2.33. The monoisotopic (exact) mass is 245 g/mol. The Labute approximate surface area is 107 Å². The van der Waals surface area contributed by atoms with Crippen LogP contribution in [0.15, 0.2) is 35.5 Å². The highest BCUT2D eigenvalue weighted by Crippen LogP contribution is 2.45. The lowest BCUT2D eigenvalue weighted by Crippen LogP contribution is -2.38. The Balaban J connectivity index is 1.86. The molecule has 96 valence electrons. The Bertz CT molecular complexity index is 435. The standard InChI is InChI=1S/C15H19NO2/c17-16-14-11-13(12-7-3-1-4-8-12)18-15(14)9-5-2-6-10-15/h1,3-4,7-8,13,17H,2,5-6,9-11H2/b16-14+. The van der Waals surface area contributed by atoms with Gasteiger partial charge in [0.1, 0.15) is 5.60 Å². The van der Waals surface area contributed by atoms with E-state index >= 15 is 0 Å². The largest absolute Gasteiger partial charge is 0.411 e. The van der Waals surface area contributed by atoms with E-state index in [9.17, 15) is 5.21 Å². The molecule has 0 radical (unpaired) electrons. The Morgan fingerprint density at radius 3 is 2.50 bits per heavy atom. The zero-order chi connectivity index (χ0) is 12.4. The van der Waals surface area contributed by atoms with E-state index < -0.39 is 0 Å². The summed E-state index contributed by atoms with van der Waals surface area (Å²) in [5.41, 5.74) is 1.74. The van der Waals surface area contributed by atoms with Crippen molar-refractivity contribution in [3.63, 3.8) is 0 Å². The zero-order valence-electron chi connectivity index (χ0n) is 10.5. The highest BCUT2D eigenvalue weighted by molar-refractivity contribution is 5.94. The summed E-state index contributed by atoms with van der Waals surface area (Å²) in [5, 5.41) is 12.8. The van der Waals surface area contributed by atoms with Gasteiger partial charge in [-0.1, -0.05) is 54.8 Å². The van der Waals surface area contributed by atoms with E-state index in [1.54, 1.807) is 0 Å². The fraction of sp³-hybridized carbons (Fsp3) is 0.533. The maximum atomic E-state index is 9.26. The van der Waals surface area contributed by atoms with Gasteiger partial charge in [-0.2, -0.15) is 0 Å². The van der Waals surface area contributed by atoms with Crippen LogP contribution >= 0.6 is 0 Å². The SMILES string of the molecule is O/N=C1\CC(c2ccccc2)OC12CCCCC2. The van der Waals surface area contributed by atoms with E-state index in [4.69, 9.17) is 4.74 Å². The van der Waals surface area contributed by atoms with Gasteiger partial charge in [0.15, 0.2) is 0 Å². The van der Waals surface area contributed by atoms with Crippen LogP contribution in [0.5, 0.6) is 0 Å². The van der Waals surface area contributed by atoms with Crippen LogP contribution in [0.1, 0.15) is 50.2 Å². The van der Waals surface area contributed by atoms with Crippen molar-refractivity contribution in [3.8, 4) is 0 Å². The first kappa shape index (κ1) is 11.7. The molecule has 0 amide bonds. The molecule has 3 nitrogen and oxygen atoms in total.